The van der Waals surface area contributed by atoms with E-state index in [0.717, 1.165) is 17.3 Å². The zero-order valence-corrected chi connectivity index (χ0v) is 13.8. The largest absolute Gasteiger partial charge is 0.483 e. The minimum Gasteiger partial charge on any atom is -0.483 e. The molecule has 2 unspecified atom stereocenters. The number of hydrogen-bond acceptors (Lipinski definition) is 3. The van der Waals surface area contributed by atoms with Gasteiger partial charge in [-0.15, -0.1) is 0 Å². The van der Waals surface area contributed by atoms with Gasteiger partial charge < -0.3 is 14.7 Å². The number of hydrogen-bond donors (Lipinski definition) is 1. The van der Waals surface area contributed by atoms with Crippen LogP contribution >= 0.6 is 27.5 Å². The van der Waals surface area contributed by atoms with Crippen LogP contribution < -0.4 is 4.74 Å². The summed E-state index contributed by atoms with van der Waals surface area (Å²) >= 11 is 9.25. The lowest BCUT2D eigenvalue weighted by Gasteiger charge is -2.37. The predicted octanol–water partition coefficient (Wildman–Crippen LogP) is 3.00. The second-order valence-electron chi connectivity index (χ2n) is 5.67. The molecule has 1 aromatic carbocycles. The van der Waals surface area contributed by atoms with Crippen LogP contribution in [0.4, 0.5) is 0 Å². The van der Waals surface area contributed by atoms with Crippen molar-refractivity contribution in [2.45, 2.75) is 43.9 Å². The van der Waals surface area contributed by atoms with E-state index in [1.807, 2.05) is 4.90 Å². The van der Waals surface area contributed by atoms with E-state index in [1.165, 1.54) is 0 Å². The van der Waals surface area contributed by atoms with Gasteiger partial charge in [-0.25, -0.2) is 0 Å². The fourth-order valence-electron chi connectivity index (χ4n) is 3.36. The Morgan fingerprint density at radius 2 is 2.05 bits per heavy atom. The molecule has 0 saturated carbocycles. The van der Waals surface area contributed by atoms with Crippen molar-refractivity contribution in [3.05, 3.63) is 27.7 Å². The standard InChI is InChI=1S/C15H17BrClNO3/c16-13-5-9(17)1-4-14(13)21-8-15(20)18-10-2-3-11(18)7-12(19)6-10/h1,4-5,10-12,19H,2-3,6-8H2. The number of ether oxygens (including phenoxy) is 1. The topological polar surface area (TPSA) is 49.8 Å². The van der Waals surface area contributed by atoms with E-state index >= 15 is 0 Å². The summed E-state index contributed by atoms with van der Waals surface area (Å²) in [5.41, 5.74) is 0. The van der Waals surface area contributed by atoms with Crippen molar-refractivity contribution >= 4 is 33.4 Å². The molecule has 21 heavy (non-hydrogen) atoms. The first-order valence-corrected chi connectivity index (χ1v) is 8.29. The highest BCUT2D eigenvalue weighted by Gasteiger charge is 2.42. The summed E-state index contributed by atoms with van der Waals surface area (Å²) in [6.07, 6.45) is 3.08. The number of rotatable bonds is 3. The Balaban J connectivity index is 1.62. The smallest absolute Gasteiger partial charge is 0.261 e. The second kappa shape index (κ2) is 6.15. The SMILES string of the molecule is O=C(COc1ccc(Cl)cc1Br)N1C2CCC1CC(O)C2. The van der Waals surface area contributed by atoms with Gasteiger partial charge in [0.25, 0.3) is 5.91 Å². The van der Waals surface area contributed by atoms with Gasteiger partial charge in [0, 0.05) is 17.1 Å². The van der Waals surface area contributed by atoms with Gasteiger partial charge in [0.2, 0.25) is 0 Å². The molecule has 0 aromatic heterocycles. The minimum absolute atomic E-state index is 0.00347. The van der Waals surface area contributed by atoms with Crippen LogP contribution in [-0.4, -0.2) is 40.7 Å². The first-order chi connectivity index (χ1) is 10.0. The van der Waals surface area contributed by atoms with Crippen molar-refractivity contribution in [3.8, 4) is 5.75 Å². The molecule has 2 bridgehead atoms. The van der Waals surface area contributed by atoms with Crippen molar-refractivity contribution in [1.82, 2.24) is 4.90 Å². The molecule has 0 spiro atoms. The quantitative estimate of drug-likeness (QED) is 0.885. The average molecular weight is 375 g/mol. The molecule has 114 valence electrons. The number of aliphatic hydroxyl groups is 1. The maximum atomic E-state index is 12.4. The Kier molecular flexibility index (Phi) is 4.43. The number of amides is 1. The second-order valence-corrected chi connectivity index (χ2v) is 6.97. The maximum absolute atomic E-state index is 12.4. The maximum Gasteiger partial charge on any atom is 0.261 e. The Hall–Kier alpha value is -0.780. The Morgan fingerprint density at radius 1 is 1.38 bits per heavy atom. The highest BCUT2D eigenvalue weighted by atomic mass is 79.9. The molecule has 2 heterocycles. The number of aliphatic hydroxyl groups excluding tert-OH is 1. The van der Waals surface area contributed by atoms with E-state index in [4.69, 9.17) is 16.3 Å². The Labute approximate surface area is 137 Å². The zero-order chi connectivity index (χ0) is 15.0. The molecule has 6 heteroatoms. The molecule has 1 amide bonds. The lowest BCUT2D eigenvalue weighted by atomic mass is 10.00. The first kappa shape index (κ1) is 15.1. The summed E-state index contributed by atoms with van der Waals surface area (Å²) in [5.74, 6) is 0.605. The number of benzene rings is 1. The molecule has 1 aromatic rings. The lowest BCUT2D eigenvalue weighted by molar-refractivity contribution is -0.139. The number of fused-ring (bicyclic) bond motifs is 2. The third-order valence-corrected chi connectivity index (χ3v) is 5.10. The molecule has 4 nitrogen and oxygen atoms in total. The van der Waals surface area contributed by atoms with Gasteiger partial charge in [-0.2, -0.15) is 0 Å². The van der Waals surface area contributed by atoms with Crippen LogP contribution in [0.2, 0.25) is 5.02 Å². The molecule has 2 aliphatic heterocycles. The van der Waals surface area contributed by atoms with Crippen molar-refractivity contribution in [2.24, 2.45) is 0 Å². The molecule has 2 atom stereocenters. The molecule has 2 saturated heterocycles. The van der Waals surface area contributed by atoms with Crippen molar-refractivity contribution in [1.29, 1.82) is 0 Å². The van der Waals surface area contributed by atoms with Crippen LogP contribution in [0.25, 0.3) is 0 Å². The summed E-state index contributed by atoms with van der Waals surface area (Å²) in [6.45, 7) is 0.0172. The molecule has 2 aliphatic rings. The summed E-state index contributed by atoms with van der Waals surface area (Å²) in [5, 5.41) is 10.4. The molecule has 1 N–H and O–H groups in total. The summed E-state index contributed by atoms with van der Waals surface area (Å²) < 4.78 is 6.33. The van der Waals surface area contributed by atoms with Gasteiger partial charge in [-0.1, -0.05) is 11.6 Å². The summed E-state index contributed by atoms with van der Waals surface area (Å²) in [7, 11) is 0. The van der Waals surface area contributed by atoms with Crippen LogP contribution in [0.15, 0.2) is 22.7 Å². The third kappa shape index (κ3) is 3.20. The summed E-state index contributed by atoms with van der Waals surface area (Å²) in [6, 6.07) is 5.55. The van der Waals surface area contributed by atoms with E-state index in [-0.39, 0.29) is 30.7 Å². The zero-order valence-electron chi connectivity index (χ0n) is 11.5. The number of carbonyl (C=O) groups is 1. The minimum atomic E-state index is -0.266. The van der Waals surface area contributed by atoms with Crippen LogP contribution in [0.1, 0.15) is 25.7 Å². The lowest BCUT2D eigenvalue weighted by Crippen LogP contribution is -2.49. The van der Waals surface area contributed by atoms with Crippen LogP contribution in [0, 0.1) is 0 Å². The van der Waals surface area contributed by atoms with Crippen molar-refractivity contribution in [3.63, 3.8) is 0 Å². The predicted molar refractivity (Wildman–Crippen MR) is 83.5 cm³/mol. The Morgan fingerprint density at radius 3 is 2.67 bits per heavy atom. The van der Waals surface area contributed by atoms with E-state index < -0.39 is 0 Å². The number of carbonyl (C=O) groups excluding carboxylic acids is 1. The first-order valence-electron chi connectivity index (χ1n) is 7.11. The average Bonchev–Trinajstić information content (AvgIpc) is 2.70. The van der Waals surface area contributed by atoms with Crippen molar-refractivity contribution < 1.29 is 14.6 Å². The number of nitrogens with zero attached hydrogens (tertiary/aromatic N) is 1. The monoisotopic (exact) mass is 373 g/mol. The number of piperidine rings is 1. The molecule has 0 radical (unpaired) electrons. The molecular formula is C15H17BrClNO3. The molecular weight excluding hydrogens is 358 g/mol. The Bertz CT molecular complexity index is 540. The van der Waals surface area contributed by atoms with Gasteiger partial charge in [-0.3, -0.25) is 4.79 Å². The third-order valence-electron chi connectivity index (χ3n) is 4.24. The number of halogens is 2. The normalized spacial score (nSPS) is 27.8. The van der Waals surface area contributed by atoms with Crippen LogP contribution in [0.3, 0.4) is 0 Å². The van der Waals surface area contributed by atoms with Crippen LogP contribution in [-0.2, 0) is 4.79 Å². The van der Waals surface area contributed by atoms with E-state index in [0.29, 0.717) is 23.6 Å². The van der Waals surface area contributed by atoms with E-state index in [9.17, 15) is 9.90 Å². The molecule has 0 aliphatic carbocycles. The van der Waals surface area contributed by atoms with Crippen molar-refractivity contribution in [2.75, 3.05) is 6.61 Å². The highest BCUT2D eigenvalue weighted by molar-refractivity contribution is 9.10. The van der Waals surface area contributed by atoms with Gasteiger partial charge in [-0.05, 0) is 59.8 Å². The molecule has 3 rings (SSSR count). The fraction of sp³-hybridized carbons (Fsp3) is 0.533. The summed E-state index contributed by atoms with van der Waals surface area (Å²) in [4.78, 5) is 14.3. The fourth-order valence-corrected chi connectivity index (χ4v) is 4.16. The molecule has 2 fully saturated rings. The van der Waals surface area contributed by atoms with Gasteiger partial charge in [0.15, 0.2) is 6.61 Å². The van der Waals surface area contributed by atoms with Gasteiger partial charge >= 0.3 is 0 Å². The van der Waals surface area contributed by atoms with Crippen LogP contribution in [0.5, 0.6) is 5.75 Å². The van der Waals surface area contributed by atoms with E-state index in [2.05, 4.69) is 15.9 Å². The van der Waals surface area contributed by atoms with E-state index in [1.54, 1.807) is 18.2 Å². The van der Waals surface area contributed by atoms with Gasteiger partial charge in [0.1, 0.15) is 5.75 Å². The van der Waals surface area contributed by atoms with Gasteiger partial charge in [0.05, 0.1) is 10.6 Å². The highest BCUT2D eigenvalue weighted by Crippen LogP contribution is 2.36.